The second-order valence-corrected chi connectivity index (χ2v) is 5.50. The minimum Gasteiger partial charge on any atom is -0.491 e. The molecule has 0 aromatic heterocycles. The van der Waals surface area contributed by atoms with Crippen molar-refractivity contribution >= 4 is 0 Å². The number of rotatable bonds is 5. The topological polar surface area (TPSA) is 35.2 Å². The standard InChI is InChI=1S/C18H23NO/c1-13(2)20-18-7-5-4-6-16(18)17(19)12-15-10-8-14(3)9-11-15/h4-11,13,17H,12,19H2,1-3H3. The summed E-state index contributed by atoms with van der Waals surface area (Å²) in [6.45, 7) is 6.15. The zero-order valence-corrected chi connectivity index (χ0v) is 12.5. The molecule has 2 N–H and O–H groups in total. The normalized spacial score (nSPS) is 12.4. The van der Waals surface area contributed by atoms with E-state index in [0.29, 0.717) is 0 Å². The summed E-state index contributed by atoms with van der Waals surface area (Å²) in [6.07, 6.45) is 0.974. The van der Waals surface area contributed by atoms with Gasteiger partial charge in [0.05, 0.1) is 6.10 Å². The van der Waals surface area contributed by atoms with E-state index in [1.54, 1.807) is 0 Å². The van der Waals surface area contributed by atoms with Crippen molar-refractivity contribution in [1.82, 2.24) is 0 Å². The lowest BCUT2D eigenvalue weighted by Gasteiger charge is -2.19. The highest BCUT2D eigenvalue weighted by molar-refractivity contribution is 5.37. The molecule has 0 saturated carbocycles. The molecule has 0 bridgehead atoms. The monoisotopic (exact) mass is 269 g/mol. The third kappa shape index (κ3) is 3.84. The minimum absolute atomic E-state index is 0.0485. The van der Waals surface area contributed by atoms with E-state index in [0.717, 1.165) is 17.7 Å². The Labute approximate surface area is 121 Å². The van der Waals surface area contributed by atoms with Crippen molar-refractivity contribution in [2.24, 2.45) is 5.73 Å². The van der Waals surface area contributed by atoms with Gasteiger partial charge in [0, 0.05) is 11.6 Å². The number of aryl methyl sites for hydroxylation is 1. The summed E-state index contributed by atoms with van der Waals surface area (Å²) >= 11 is 0. The Hall–Kier alpha value is -1.80. The van der Waals surface area contributed by atoms with Gasteiger partial charge in [-0.05, 0) is 38.8 Å². The molecule has 2 rings (SSSR count). The summed E-state index contributed by atoms with van der Waals surface area (Å²) in [5, 5.41) is 0. The molecule has 0 aliphatic heterocycles. The zero-order valence-electron chi connectivity index (χ0n) is 12.5. The SMILES string of the molecule is Cc1ccc(CC(N)c2ccccc2OC(C)C)cc1. The fourth-order valence-corrected chi connectivity index (χ4v) is 2.24. The molecule has 106 valence electrons. The van der Waals surface area contributed by atoms with Crippen molar-refractivity contribution in [1.29, 1.82) is 0 Å². The van der Waals surface area contributed by atoms with E-state index >= 15 is 0 Å². The number of nitrogens with two attached hydrogens (primary N) is 1. The van der Waals surface area contributed by atoms with E-state index in [-0.39, 0.29) is 12.1 Å². The maximum atomic E-state index is 6.36. The predicted octanol–water partition coefficient (Wildman–Crippen LogP) is 4.02. The molecule has 0 aliphatic rings. The highest BCUT2D eigenvalue weighted by atomic mass is 16.5. The first kappa shape index (κ1) is 14.6. The summed E-state index contributed by atoms with van der Waals surface area (Å²) in [4.78, 5) is 0. The smallest absolute Gasteiger partial charge is 0.124 e. The molecule has 0 spiro atoms. The lowest BCUT2D eigenvalue weighted by molar-refractivity contribution is 0.238. The van der Waals surface area contributed by atoms with Crippen LogP contribution in [0, 0.1) is 6.92 Å². The molecule has 1 atom stereocenters. The van der Waals surface area contributed by atoms with Gasteiger partial charge in [0.2, 0.25) is 0 Å². The van der Waals surface area contributed by atoms with Crippen LogP contribution in [0.25, 0.3) is 0 Å². The van der Waals surface area contributed by atoms with Gasteiger partial charge in [0.25, 0.3) is 0 Å². The number of hydrogen-bond donors (Lipinski definition) is 1. The van der Waals surface area contributed by atoms with E-state index in [2.05, 4.69) is 37.3 Å². The van der Waals surface area contributed by atoms with Gasteiger partial charge in [-0.25, -0.2) is 0 Å². The molecule has 20 heavy (non-hydrogen) atoms. The molecular formula is C18H23NO. The van der Waals surface area contributed by atoms with E-state index in [1.165, 1.54) is 11.1 Å². The highest BCUT2D eigenvalue weighted by Gasteiger charge is 2.13. The van der Waals surface area contributed by atoms with Crippen LogP contribution < -0.4 is 10.5 Å². The van der Waals surface area contributed by atoms with Crippen molar-refractivity contribution in [2.75, 3.05) is 0 Å². The quantitative estimate of drug-likeness (QED) is 0.889. The molecule has 0 saturated heterocycles. The third-order valence-corrected chi connectivity index (χ3v) is 3.26. The van der Waals surface area contributed by atoms with Crippen molar-refractivity contribution in [2.45, 2.75) is 39.3 Å². The molecule has 2 aromatic carbocycles. The van der Waals surface area contributed by atoms with Crippen LogP contribution in [0.15, 0.2) is 48.5 Å². The maximum Gasteiger partial charge on any atom is 0.124 e. The molecular weight excluding hydrogens is 246 g/mol. The van der Waals surface area contributed by atoms with Gasteiger partial charge >= 0.3 is 0 Å². The van der Waals surface area contributed by atoms with Crippen LogP contribution in [0.5, 0.6) is 5.75 Å². The van der Waals surface area contributed by atoms with Crippen LogP contribution >= 0.6 is 0 Å². The Morgan fingerprint density at radius 2 is 1.65 bits per heavy atom. The Kier molecular flexibility index (Phi) is 4.80. The van der Waals surface area contributed by atoms with E-state index in [1.807, 2.05) is 32.0 Å². The van der Waals surface area contributed by atoms with Gasteiger partial charge in [-0.3, -0.25) is 0 Å². The summed E-state index contributed by atoms with van der Waals surface area (Å²) < 4.78 is 5.84. The van der Waals surface area contributed by atoms with E-state index in [9.17, 15) is 0 Å². The van der Waals surface area contributed by atoms with E-state index < -0.39 is 0 Å². The lowest BCUT2D eigenvalue weighted by atomic mass is 9.98. The Morgan fingerprint density at radius 3 is 2.30 bits per heavy atom. The Bertz CT molecular complexity index is 546. The first-order valence-corrected chi connectivity index (χ1v) is 7.13. The predicted molar refractivity (Wildman–Crippen MR) is 84.0 cm³/mol. The average Bonchev–Trinajstić information content (AvgIpc) is 2.41. The van der Waals surface area contributed by atoms with Gasteiger partial charge in [-0.15, -0.1) is 0 Å². The Morgan fingerprint density at radius 1 is 1.00 bits per heavy atom. The van der Waals surface area contributed by atoms with Crippen LogP contribution in [0.1, 0.15) is 36.6 Å². The van der Waals surface area contributed by atoms with Gasteiger partial charge < -0.3 is 10.5 Å². The van der Waals surface area contributed by atoms with Gasteiger partial charge in [0.15, 0.2) is 0 Å². The molecule has 0 heterocycles. The molecule has 0 aliphatic carbocycles. The van der Waals surface area contributed by atoms with Crippen LogP contribution in [0.4, 0.5) is 0 Å². The fraction of sp³-hybridized carbons (Fsp3) is 0.333. The van der Waals surface area contributed by atoms with Crippen molar-refractivity contribution in [3.8, 4) is 5.75 Å². The van der Waals surface area contributed by atoms with Crippen LogP contribution in [-0.2, 0) is 6.42 Å². The summed E-state index contributed by atoms with van der Waals surface area (Å²) in [5.41, 5.74) is 9.95. The van der Waals surface area contributed by atoms with Crippen LogP contribution in [0.3, 0.4) is 0 Å². The second kappa shape index (κ2) is 6.58. The molecule has 2 heteroatoms. The Balaban J connectivity index is 2.16. The molecule has 1 unspecified atom stereocenters. The van der Waals surface area contributed by atoms with Gasteiger partial charge in [-0.1, -0.05) is 48.0 Å². The van der Waals surface area contributed by atoms with E-state index in [4.69, 9.17) is 10.5 Å². The molecule has 0 amide bonds. The minimum atomic E-state index is -0.0485. The lowest BCUT2D eigenvalue weighted by Crippen LogP contribution is -2.16. The largest absolute Gasteiger partial charge is 0.491 e. The van der Waals surface area contributed by atoms with Crippen LogP contribution in [-0.4, -0.2) is 6.10 Å². The van der Waals surface area contributed by atoms with Gasteiger partial charge in [0.1, 0.15) is 5.75 Å². The number of benzene rings is 2. The van der Waals surface area contributed by atoms with Crippen LogP contribution in [0.2, 0.25) is 0 Å². The molecule has 2 aromatic rings. The van der Waals surface area contributed by atoms with Gasteiger partial charge in [-0.2, -0.15) is 0 Å². The maximum absolute atomic E-state index is 6.36. The van der Waals surface area contributed by atoms with Crippen molar-refractivity contribution in [3.63, 3.8) is 0 Å². The molecule has 0 fully saturated rings. The first-order chi connectivity index (χ1) is 9.56. The van der Waals surface area contributed by atoms with Crippen molar-refractivity contribution < 1.29 is 4.74 Å². The number of para-hydroxylation sites is 1. The summed E-state index contributed by atoms with van der Waals surface area (Å²) in [7, 11) is 0. The molecule has 2 nitrogen and oxygen atoms in total. The average molecular weight is 269 g/mol. The highest BCUT2D eigenvalue weighted by Crippen LogP contribution is 2.26. The summed E-state index contributed by atoms with van der Waals surface area (Å²) in [6, 6.07) is 16.5. The second-order valence-electron chi connectivity index (χ2n) is 5.50. The fourth-order valence-electron chi connectivity index (χ4n) is 2.24. The summed E-state index contributed by atoms with van der Waals surface area (Å²) in [5.74, 6) is 0.891. The zero-order chi connectivity index (χ0) is 14.5. The molecule has 0 radical (unpaired) electrons. The number of hydrogen-bond acceptors (Lipinski definition) is 2. The first-order valence-electron chi connectivity index (χ1n) is 7.13. The third-order valence-electron chi connectivity index (χ3n) is 3.26. The number of ether oxygens (including phenoxy) is 1. The van der Waals surface area contributed by atoms with Crippen molar-refractivity contribution in [3.05, 3.63) is 65.2 Å².